The number of nitrogens with two attached hydrogens (primary N) is 1. The molecule has 1 unspecified atom stereocenters. The topological polar surface area (TPSA) is 77.2 Å². The molecule has 0 spiro atoms. The minimum Gasteiger partial charge on any atom is -0.439 e. The van der Waals surface area contributed by atoms with Crippen molar-refractivity contribution >= 4 is 11.6 Å². The van der Waals surface area contributed by atoms with Crippen molar-refractivity contribution in [1.29, 1.82) is 0 Å². The van der Waals surface area contributed by atoms with E-state index in [0.717, 1.165) is 0 Å². The second kappa shape index (κ2) is 7.40. The Morgan fingerprint density at radius 3 is 2.90 bits per heavy atom. The predicted octanol–water partition coefficient (Wildman–Crippen LogP) is 2.94. The molecule has 0 radical (unpaired) electrons. The number of nitrogens with zero attached hydrogens (tertiary/aromatic N) is 1. The van der Waals surface area contributed by atoms with Gasteiger partial charge in [-0.2, -0.15) is 0 Å². The van der Waals surface area contributed by atoms with Crippen LogP contribution in [0.3, 0.4) is 0 Å². The van der Waals surface area contributed by atoms with E-state index in [1.54, 1.807) is 18.3 Å². The van der Waals surface area contributed by atoms with Crippen molar-refractivity contribution in [2.75, 3.05) is 5.32 Å². The van der Waals surface area contributed by atoms with Gasteiger partial charge >= 0.3 is 0 Å². The average molecular weight is 285 g/mol. The van der Waals surface area contributed by atoms with Gasteiger partial charge in [0.25, 0.3) is 0 Å². The van der Waals surface area contributed by atoms with Gasteiger partial charge in [0.1, 0.15) is 5.75 Å². The predicted molar refractivity (Wildman–Crippen MR) is 82.3 cm³/mol. The second-order valence-electron chi connectivity index (χ2n) is 4.86. The molecule has 1 aromatic heterocycles. The van der Waals surface area contributed by atoms with Crippen molar-refractivity contribution < 1.29 is 9.53 Å². The van der Waals surface area contributed by atoms with E-state index in [4.69, 9.17) is 10.5 Å². The lowest BCUT2D eigenvalue weighted by atomic mass is 10.2. The number of carbonyl (C=O) groups is 1. The number of hydrogen-bond donors (Lipinski definition) is 2. The highest BCUT2D eigenvalue weighted by Gasteiger charge is 2.05. The average Bonchev–Trinajstić information content (AvgIpc) is 2.46. The number of hydrogen-bond acceptors (Lipinski definition) is 4. The van der Waals surface area contributed by atoms with Crippen LogP contribution in [0.15, 0.2) is 48.7 Å². The molecule has 0 saturated carbocycles. The maximum Gasteiger partial charge on any atom is 0.224 e. The molecular weight excluding hydrogens is 266 g/mol. The molecule has 110 valence electrons. The van der Waals surface area contributed by atoms with Crippen LogP contribution in [0.25, 0.3) is 0 Å². The molecule has 1 amide bonds. The molecule has 0 bridgehead atoms. The fraction of sp³-hybridized carbons (Fsp3) is 0.250. The van der Waals surface area contributed by atoms with Gasteiger partial charge < -0.3 is 15.8 Å². The Labute approximate surface area is 124 Å². The first-order valence-electron chi connectivity index (χ1n) is 6.88. The van der Waals surface area contributed by atoms with Gasteiger partial charge in [-0.3, -0.25) is 4.79 Å². The lowest BCUT2D eigenvalue weighted by molar-refractivity contribution is -0.116. The van der Waals surface area contributed by atoms with Crippen LogP contribution in [0.2, 0.25) is 0 Å². The van der Waals surface area contributed by atoms with Crippen LogP contribution in [-0.2, 0) is 4.79 Å². The van der Waals surface area contributed by atoms with E-state index in [-0.39, 0.29) is 11.9 Å². The zero-order valence-corrected chi connectivity index (χ0v) is 12.0. The summed E-state index contributed by atoms with van der Waals surface area (Å²) in [6.45, 7) is 1.88. The highest BCUT2D eigenvalue weighted by atomic mass is 16.5. The molecule has 0 saturated heterocycles. The summed E-state index contributed by atoms with van der Waals surface area (Å²) in [6, 6.07) is 12.7. The first-order chi connectivity index (χ1) is 10.1. The summed E-state index contributed by atoms with van der Waals surface area (Å²) >= 11 is 0. The van der Waals surface area contributed by atoms with Gasteiger partial charge in [0, 0.05) is 36.5 Å². The van der Waals surface area contributed by atoms with Gasteiger partial charge in [0.2, 0.25) is 11.8 Å². The van der Waals surface area contributed by atoms with Crippen molar-refractivity contribution in [2.24, 2.45) is 5.73 Å². The lowest BCUT2D eigenvalue weighted by Gasteiger charge is -2.09. The fourth-order valence-electron chi connectivity index (χ4n) is 1.75. The first kappa shape index (κ1) is 15.0. The van der Waals surface area contributed by atoms with Gasteiger partial charge in [0.05, 0.1) is 0 Å². The monoisotopic (exact) mass is 285 g/mol. The van der Waals surface area contributed by atoms with Crippen LogP contribution in [0.1, 0.15) is 19.8 Å². The summed E-state index contributed by atoms with van der Waals surface area (Å²) in [5, 5.41) is 2.83. The molecule has 0 aliphatic rings. The van der Waals surface area contributed by atoms with Crippen LogP contribution >= 0.6 is 0 Å². The van der Waals surface area contributed by atoms with Gasteiger partial charge in [-0.25, -0.2) is 4.98 Å². The molecule has 2 rings (SSSR count). The fourth-order valence-corrected chi connectivity index (χ4v) is 1.75. The molecule has 0 fully saturated rings. The maximum absolute atomic E-state index is 11.8. The van der Waals surface area contributed by atoms with E-state index >= 15 is 0 Å². The molecule has 5 heteroatoms. The standard InChI is InChI=1S/C16H19N3O2/c1-12(17)8-9-15(20)19-13-5-4-6-14(11-13)21-16-7-2-3-10-18-16/h2-7,10-12H,8-9,17H2,1H3,(H,19,20). The van der Waals surface area contributed by atoms with Crippen LogP contribution in [-0.4, -0.2) is 16.9 Å². The number of anilines is 1. The van der Waals surface area contributed by atoms with E-state index in [1.807, 2.05) is 37.3 Å². The molecular formula is C16H19N3O2. The SMILES string of the molecule is CC(N)CCC(=O)Nc1cccc(Oc2ccccn2)c1. The molecule has 3 N–H and O–H groups in total. The van der Waals surface area contributed by atoms with Gasteiger partial charge in [-0.05, 0) is 31.5 Å². The van der Waals surface area contributed by atoms with Crippen LogP contribution < -0.4 is 15.8 Å². The van der Waals surface area contributed by atoms with E-state index in [1.165, 1.54) is 0 Å². The number of ether oxygens (including phenoxy) is 1. The number of rotatable bonds is 6. The van der Waals surface area contributed by atoms with Crippen LogP contribution in [0, 0.1) is 0 Å². The Morgan fingerprint density at radius 2 is 2.19 bits per heavy atom. The van der Waals surface area contributed by atoms with Crippen molar-refractivity contribution in [3.8, 4) is 11.6 Å². The van der Waals surface area contributed by atoms with E-state index in [2.05, 4.69) is 10.3 Å². The number of amides is 1. The Balaban J connectivity index is 1.96. The molecule has 21 heavy (non-hydrogen) atoms. The van der Waals surface area contributed by atoms with Gasteiger partial charge in [0.15, 0.2) is 0 Å². The van der Waals surface area contributed by atoms with E-state index in [9.17, 15) is 4.79 Å². The van der Waals surface area contributed by atoms with Crippen molar-refractivity contribution in [3.05, 3.63) is 48.7 Å². The molecule has 1 heterocycles. The summed E-state index contributed by atoms with van der Waals surface area (Å²) < 4.78 is 5.62. The summed E-state index contributed by atoms with van der Waals surface area (Å²) in [4.78, 5) is 15.9. The largest absolute Gasteiger partial charge is 0.439 e. The molecule has 0 aliphatic carbocycles. The number of pyridine rings is 1. The third-order valence-electron chi connectivity index (χ3n) is 2.80. The third-order valence-corrected chi connectivity index (χ3v) is 2.80. The van der Waals surface area contributed by atoms with Crippen molar-refractivity contribution in [2.45, 2.75) is 25.8 Å². The van der Waals surface area contributed by atoms with Crippen molar-refractivity contribution in [3.63, 3.8) is 0 Å². The molecule has 1 aromatic carbocycles. The second-order valence-corrected chi connectivity index (χ2v) is 4.86. The minimum atomic E-state index is -0.0534. The summed E-state index contributed by atoms with van der Waals surface area (Å²) in [5.41, 5.74) is 6.33. The molecule has 0 aliphatic heterocycles. The molecule has 5 nitrogen and oxygen atoms in total. The summed E-state index contributed by atoms with van der Waals surface area (Å²) in [6.07, 6.45) is 2.73. The number of carbonyl (C=O) groups excluding carboxylic acids is 1. The number of aromatic nitrogens is 1. The Bertz CT molecular complexity index is 585. The molecule has 2 aromatic rings. The van der Waals surface area contributed by atoms with Gasteiger partial charge in [-0.1, -0.05) is 12.1 Å². The first-order valence-corrected chi connectivity index (χ1v) is 6.88. The van der Waals surface area contributed by atoms with E-state index < -0.39 is 0 Å². The maximum atomic E-state index is 11.8. The smallest absolute Gasteiger partial charge is 0.224 e. The summed E-state index contributed by atoms with van der Waals surface area (Å²) in [7, 11) is 0. The Hall–Kier alpha value is -2.40. The van der Waals surface area contributed by atoms with E-state index in [0.29, 0.717) is 30.2 Å². The minimum absolute atomic E-state index is 0.0228. The summed E-state index contributed by atoms with van der Waals surface area (Å²) in [5.74, 6) is 1.08. The normalized spacial score (nSPS) is 11.7. The molecule has 1 atom stereocenters. The van der Waals surface area contributed by atoms with Crippen LogP contribution in [0.4, 0.5) is 5.69 Å². The highest BCUT2D eigenvalue weighted by Crippen LogP contribution is 2.22. The number of nitrogens with one attached hydrogen (secondary N) is 1. The van der Waals surface area contributed by atoms with Crippen LogP contribution in [0.5, 0.6) is 11.6 Å². The highest BCUT2D eigenvalue weighted by molar-refractivity contribution is 5.90. The Kier molecular flexibility index (Phi) is 5.29. The number of benzene rings is 1. The third kappa shape index (κ3) is 5.24. The lowest BCUT2D eigenvalue weighted by Crippen LogP contribution is -2.19. The van der Waals surface area contributed by atoms with Crippen molar-refractivity contribution in [1.82, 2.24) is 4.98 Å². The quantitative estimate of drug-likeness (QED) is 0.855. The zero-order chi connectivity index (χ0) is 15.1. The zero-order valence-electron chi connectivity index (χ0n) is 12.0. The van der Waals surface area contributed by atoms with Gasteiger partial charge in [-0.15, -0.1) is 0 Å². The Morgan fingerprint density at radius 1 is 1.33 bits per heavy atom.